The number of primary amides is 1. The zero-order valence-electron chi connectivity index (χ0n) is 11.6. The Balaban J connectivity index is 1.99. The summed E-state index contributed by atoms with van der Waals surface area (Å²) in [7, 11) is -2.89. The van der Waals surface area contributed by atoms with Crippen molar-refractivity contribution >= 4 is 15.7 Å². The summed E-state index contributed by atoms with van der Waals surface area (Å²) < 4.78 is 23.1. The molecule has 1 atom stereocenters. The van der Waals surface area contributed by atoms with Gasteiger partial charge in [0.25, 0.3) is 0 Å². The van der Waals surface area contributed by atoms with Crippen LogP contribution in [0.25, 0.3) is 0 Å². The molecule has 0 aliphatic carbocycles. The molecule has 1 amide bonds. The Kier molecular flexibility index (Phi) is 4.45. The highest BCUT2D eigenvalue weighted by atomic mass is 32.2. The lowest BCUT2D eigenvalue weighted by atomic mass is 10.0. The average Bonchev–Trinajstić information content (AvgIpc) is 2.36. The number of rotatable bonds is 4. The van der Waals surface area contributed by atoms with E-state index in [9.17, 15) is 13.2 Å². The number of nitrogens with one attached hydrogen (secondary N) is 1. The topological polar surface area (TPSA) is 89.3 Å². The zero-order chi connectivity index (χ0) is 14.8. The van der Waals surface area contributed by atoms with Crippen LogP contribution in [0.15, 0.2) is 18.2 Å². The van der Waals surface area contributed by atoms with Crippen LogP contribution in [-0.4, -0.2) is 31.9 Å². The Morgan fingerprint density at radius 3 is 2.80 bits per heavy atom. The average molecular weight is 296 g/mol. The molecule has 1 unspecified atom stereocenters. The quantitative estimate of drug-likeness (QED) is 0.858. The van der Waals surface area contributed by atoms with Gasteiger partial charge in [0.05, 0.1) is 11.5 Å². The van der Waals surface area contributed by atoms with Gasteiger partial charge < -0.3 is 11.1 Å². The summed E-state index contributed by atoms with van der Waals surface area (Å²) in [6, 6.07) is 5.34. The lowest BCUT2D eigenvalue weighted by molar-refractivity contribution is 0.1000. The molecule has 3 N–H and O–H groups in total. The monoisotopic (exact) mass is 296 g/mol. The van der Waals surface area contributed by atoms with Gasteiger partial charge in [-0.1, -0.05) is 6.07 Å². The SMILES string of the molecule is Cc1cc(C(N)=O)ccc1CNC1CCCS(=O)(=O)C1. The smallest absolute Gasteiger partial charge is 0.248 e. The Hall–Kier alpha value is -1.40. The Morgan fingerprint density at radius 1 is 1.45 bits per heavy atom. The van der Waals surface area contributed by atoms with Crippen molar-refractivity contribution in [3.05, 3.63) is 34.9 Å². The summed E-state index contributed by atoms with van der Waals surface area (Å²) >= 11 is 0. The standard InChI is InChI=1S/C14H20N2O3S/c1-10-7-11(14(15)17)4-5-12(10)8-16-13-3-2-6-20(18,19)9-13/h4-5,7,13,16H,2-3,6,8-9H2,1H3,(H2,15,17). The van der Waals surface area contributed by atoms with E-state index in [2.05, 4.69) is 5.32 Å². The minimum absolute atomic E-state index is 0.0176. The fourth-order valence-electron chi connectivity index (χ4n) is 2.49. The summed E-state index contributed by atoms with van der Waals surface area (Å²) in [5.41, 5.74) is 7.76. The molecule has 0 aromatic heterocycles. The van der Waals surface area contributed by atoms with E-state index in [1.54, 1.807) is 12.1 Å². The van der Waals surface area contributed by atoms with Crippen molar-refractivity contribution in [2.75, 3.05) is 11.5 Å². The van der Waals surface area contributed by atoms with Gasteiger partial charge in [0.1, 0.15) is 0 Å². The van der Waals surface area contributed by atoms with Gasteiger partial charge >= 0.3 is 0 Å². The van der Waals surface area contributed by atoms with Gasteiger partial charge in [-0.3, -0.25) is 4.79 Å². The second kappa shape index (κ2) is 5.93. The highest BCUT2D eigenvalue weighted by Crippen LogP contribution is 2.15. The molecular weight excluding hydrogens is 276 g/mol. The Labute approximate surface area is 119 Å². The second-order valence-electron chi connectivity index (χ2n) is 5.34. The first-order valence-electron chi connectivity index (χ1n) is 6.70. The largest absolute Gasteiger partial charge is 0.366 e. The molecule has 110 valence electrons. The molecule has 2 rings (SSSR count). The van der Waals surface area contributed by atoms with Crippen LogP contribution >= 0.6 is 0 Å². The van der Waals surface area contributed by atoms with Gasteiger partial charge in [-0.15, -0.1) is 0 Å². The highest BCUT2D eigenvalue weighted by Gasteiger charge is 2.24. The summed E-state index contributed by atoms with van der Waals surface area (Å²) in [4.78, 5) is 11.1. The molecule has 1 heterocycles. The molecule has 0 radical (unpaired) electrons. The van der Waals surface area contributed by atoms with Crippen LogP contribution in [0.1, 0.15) is 34.3 Å². The molecule has 1 aliphatic rings. The maximum atomic E-state index is 11.6. The number of sulfone groups is 1. The highest BCUT2D eigenvalue weighted by molar-refractivity contribution is 7.91. The summed E-state index contributed by atoms with van der Waals surface area (Å²) in [6.45, 7) is 2.52. The fraction of sp³-hybridized carbons (Fsp3) is 0.500. The minimum Gasteiger partial charge on any atom is -0.366 e. The van der Waals surface area contributed by atoms with Gasteiger partial charge in [0.15, 0.2) is 9.84 Å². The van der Waals surface area contributed by atoms with Crippen LogP contribution < -0.4 is 11.1 Å². The zero-order valence-corrected chi connectivity index (χ0v) is 12.4. The van der Waals surface area contributed by atoms with Gasteiger partial charge in [0, 0.05) is 18.2 Å². The molecule has 5 nitrogen and oxygen atoms in total. The van der Waals surface area contributed by atoms with Gasteiger partial charge in [0.2, 0.25) is 5.91 Å². The molecule has 1 fully saturated rings. The van der Waals surface area contributed by atoms with Crippen molar-refractivity contribution in [1.29, 1.82) is 0 Å². The third kappa shape index (κ3) is 3.80. The van der Waals surface area contributed by atoms with Gasteiger partial charge in [-0.05, 0) is 43.0 Å². The first-order valence-corrected chi connectivity index (χ1v) is 8.53. The number of benzene rings is 1. The summed E-state index contributed by atoms with van der Waals surface area (Å²) in [5, 5.41) is 3.29. The maximum absolute atomic E-state index is 11.6. The van der Waals surface area contributed by atoms with E-state index in [1.807, 2.05) is 13.0 Å². The van der Waals surface area contributed by atoms with Crippen molar-refractivity contribution < 1.29 is 13.2 Å². The third-order valence-corrected chi connectivity index (χ3v) is 5.49. The van der Waals surface area contributed by atoms with Crippen LogP contribution in [-0.2, 0) is 16.4 Å². The van der Waals surface area contributed by atoms with Crippen molar-refractivity contribution in [2.45, 2.75) is 32.4 Å². The van der Waals surface area contributed by atoms with E-state index >= 15 is 0 Å². The number of hydrogen-bond donors (Lipinski definition) is 2. The second-order valence-corrected chi connectivity index (χ2v) is 7.57. The molecule has 6 heteroatoms. The van der Waals surface area contributed by atoms with Gasteiger partial charge in [-0.2, -0.15) is 0 Å². The number of carbonyl (C=O) groups is 1. The molecule has 0 spiro atoms. The van der Waals surface area contributed by atoms with Crippen LogP contribution in [0.3, 0.4) is 0 Å². The minimum atomic E-state index is -2.89. The molecule has 20 heavy (non-hydrogen) atoms. The molecule has 0 bridgehead atoms. The summed E-state index contributed by atoms with van der Waals surface area (Å²) in [6.07, 6.45) is 1.61. The maximum Gasteiger partial charge on any atom is 0.248 e. The Morgan fingerprint density at radius 2 is 2.20 bits per heavy atom. The van der Waals surface area contributed by atoms with Crippen LogP contribution in [0.5, 0.6) is 0 Å². The van der Waals surface area contributed by atoms with E-state index in [0.29, 0.717) is 17.9 Å². The first-order chi connectivity index (χ1) is 9.37. The van der Waals surface area contributed by atoms with Crippen LogP contribution in [0.2, 0.25) is 0 Å². The van der Waals surface area contributed by atoms with E-state index in [-0.39, 0.29) is 11.8 Å². The van der Waals surface area contributed by atoms with E-state index in [4.69, 9.17) is 5.73 Å². The van der Waals surface area contributed by atoms with Crippen LogP contribution in [0, 0.1) is 6.92 Å². The molecule has 1 aromatic rings. The Bertz CT molecular complexity index is 611. The third-order valence-electron chi connectivity index (χ3n) is 3.67. The van der Waals surface area contributed by atoms with E-state index in [0.717, 1.165) is 24.0 Å². The molecule has 1 saturated heterocycles. The van der Waals surface area contributed by atoms with Crippen molar-refractivity contribution in [3.63, 3.8) is 0 Å². The molecular formula is C14H20N2O3S. The number of hydrogen-bond acceptors (Lipinski definition) is 4. The lowest BCUT2D eigenvalue weighted by Gasteiger charge is -2.23. The first kappa shape index (κ1) is 15.0. The predicted octanol–water partition coefficient (Wildman–Crippen LogP) is 0.761. The molecule has 1 aliphatic heterocycles. The van der Waals surface area contributed by atoms with E-state index < -0.39 is 15.7 Å². The van der Waals surface area contributed by atoms with Crippen molar-refractivity contribution in [3.8, 4) is 0 Å². The normalized spacial score (nSPS) is 21.6. The number of carbonyl (C=O) groups excluding carboxylic acids is 1. The number of aryl methyl sites for hydroxylation is 1. The number of amides is 1. The predicted molar refractivity (Wildman–Crippen MR) is 78.2 cm³/mol. The van der Waals surface area contributed by atoms with Crippen LogP contribution in [0.4, 0.5) is 0 Å². The van der Waals surface area contributed by atoms with Gasteiger partial charge in [-0.25, -0.2) is 8.42 Å². The van der Waals surface area contributed by atoms with Crippen molar-refractivity contribution in [2.24, 2.45) is 5.73 Å². The molecule has 1 aromatic carbocycles. The number of nitrogens with two attached hydrogens (primary N) is 1. The summed E-state index contributed by atoms with van der Waals surface area (Å²) in [5.74, 6) is 0.0779. The van der Waals surface area contributed by atoms with Crippen molar-refractivity contribution in [1.82, 2.24) is 5.32 Å². The molecule has 0 saturated carbocycles. The fourth-order valence-corrected chi connectivity index (χ4v) is 4.16. The lowest BCUT2D eigenvalue weighted by Crippen LogP contribution is -2.39. The van der Waals surface area contributed by atoms with E-state index in [1.165, 1.54) is 0 Å².